The number of rotatable bonds is 56. The zero-order chi connectivity index (χ0) is 59.9. The molecule has 0 aromatic heterocycles. The normalized spacial score (nSPS) is 13.5. The van der Waals surface area contributed by atoms with Gasteiger partial charge in [-0.2, -0.15) is 0 Å². The second kappa shape index (κ2) is 68.5. The van der Waals surface area contributed by atoms with Crippen LogP contribution in [0.4, 0.5) is 0 Å². The second-order valence-electron chi connectivity index (χ2n) is 20.5. The molecule has 0 aliphatic carbocycles. The van der Waals surface area contributed by atoms with E-state index in [9.17, 15) is 14.4 Å². The summed E-state index contributed by atoms with van der Waals surface area (Å²) in [5, 5.41) is 0. The van der Waals surface area contributed by atoms with Crippen LogP contribution in [0.25, 0.3) is 0 Å². The lowest BCUT2D eigenvalue weighted by Crippen LogP contribution is -2.30. The summed E-state index contributed by atoms with van der Waals surface area (Å²) in [5.74, 6) is -1.02. The molecule has 0 aliphatic heterocycles. The number of ether oxygens (including phenoxy) is 3. The van der Waals surface area contributed by atoms with Crippen molar-refractivity contribution in [3.8, 4) is 0 Å². The molecule has 0 spiro atoms. The first-order chi connectivity index (χ1) is 41.0. The van der Waals surface area contributed by atoms with Crippen LogP contribution in [0.2, 0.25) is 0 Å². The number of hydrogen-bond acceptors (Lipinski definition) is 6. The molecule has 6 heteroatoms. The van der Waals surface area contributed by atoms with Gasteiger partial charge in [-0.05, 0) is 167 Å². The van der Waals surface area contributed by atoms with Crippen LogP contribution < -0.4 is 0 Å². The Kier molecular flexibility index (Phi) is 63.5. The van der Waals surface area contributed by atoms with Crippen molar-refractivity contribution in [1.82, 2.24) is 0 Å². The van der Waals surface area contributed by atoms with E-state index in [0.29, 0.717) is 12.8 Å². The maximum atomic E-state index is 12.9. The van der Waals surface area contributed by atoms with Gasteiger partial charge in [0.25, 0.3) is 0 Å². The molecule has 0 heterocycles. The van der Waals surface area contributed by atoms with Gasteiger partial charge in [0, 0.05) is 19.3 Å². The third-order valence-electron chi connectivity index (χ3n) is 12.8. The highest BCUT2D eigenvalue weighted by molar-refractivity contribution is 5.71. The molecule has 0 N–H and O–H groups in total. The number of hydrogen-bond donors (Lipinski definition) is 0. The highest BCUT2D eigenvalue weighted by Gasteiger charge is 2.19. The molecule has 0 saturated heterocycles. The maximum absolute atomic E-state index is 12.9. The van der Waals surface area contributed by atoms with E-state index in [4.69, 9.17) is 14.2 Å². The average molecular weight is 1140 g/mol. The fraction of sp³-hybridized carbons (Fsp3) is 0.519. The minimum absolute atomic E-state index is 0.124. The largest absolute Gasteiger partial charge is 0.462 e. The lowest BCUT2D eigenvalue weighted by Gasteiger charge is -2.18. The van der Waals surface area contributed by atoms with Gasteiger partial charge in [0.1, 0.15) is 13.2 Å². The highest BCUT2D eigenvalue weighted by Crippen LogP contribution is 2.12. The van der Waals surface area contributed by atoms with Gasteiger partial charge in [0.05, 0.1) is 0 Å². The number of unbranched alkanes of at least 4 members (excludes halogenated alkanes) is 11. The minimum atomic E-state index is -0.833. The van der Waals surface area contributed by atoms with Crippen LogP contribution in [0.3, 0.4) is 0 Å². The van der Waals surface area contributed by atoms with E-state index >= 15 is 0 Å². The predicted molar refractivity (Wildman–Crippen MR) is 361 cm³/mol. The van der Waals surface area contributed by atoms with Gasteiger partial charge < -0.3 is 14.2 Å². The Bertz CT molecular complexity index is 2030. The van der Waals surface area contributed by atoms with Crippen molar-refractivity contribution in [2.75, 3.05) is 13.2 Å². The Labute approximate surface area is 509 Å². The highest BCUT2D eigenvalue weighted by atomic mass is 16.6. The Morgan fingerprint density at radius 2 is 0.434 bits per heavy atom. The fourth-order valence-corrected chi connectivity index (χ4v) is 8.00. The molecule has 0 fully saturated rings. The van der Waals surface area contributed by atoms with Gasteiger partial charge >= 0.3 is 17.9 Å². The molecule has 0 aromatic rings. The summed E-state index contributed by atoms with van der Waals surface area (Å²) in [6.45, 7) is 6.21. The molecular formula is C77H116O6. The SMILES string of the molecule is CC/C=C\C/C=C\C/C=C\C/C=C\C/C=C\C/C=C\C/C=C\C/C=C\CCCCC(=O)OCC(COC(=O)CCCCCCC/C=C\C/C=C\C/C=C\CC)OC(=O)CCCCCC/C=C\C/C=C\C/C=C\C/C=C\C/C=C\C/C=C\CC. The number of esters is 3. The van der Waals surface area contributed by atoms with Crippen molar-refractivity contribution in [3.63, 3.8) is 0 Å². The Morgan fingerprint density at radius 1 is 0.241 bits per heavy atom. The first-order valence-electron chi connectivity index (χ1n) is 32.6. The quantitative estimate of drug-likeness (QED) is 0.0261. The van der Waals surface area contributed by atoms with Crippen LogP contribution in [-0.2, 0) is 28.6 Å². The lowest BCUT2D eigenvalue weighted by atomic mass is 10.1. The molecule has 0 aliphatic rings. The maximum Gasteiger partial charge on any atom is 0.306 e. The molecule has 0 aromatic carbocycles. The molecule has 0 amide bonds. The molecule has 460 valence electrons. The van der Waals surface area contributed by atoms with Crippen LogP contribution in [0, 0.1) is 0 Å². The topological polar surface area (TPSA) is 78.9 Å². The summed E-state index contributed by atoms with van der Waals surface area (Å²) in [4.78, 5) is 38.4. The first kappa shape index (κ1) is 77.0. The fourth-order valence-electron chi connectivity index (χ4n) is 8.00. The van der Waals surface area contributed by atoms with Crippen LogP contribution in [0.5, 0.6) is 0 Å². The molecule has 1 unspecified atom stereocenters. The number of carbonyl (C=O) groups excluding carboxylic acids is 3. The van der Waals surface area contributed by atoms with Gasteiger partial charge in [0.15, 0.2) is 6.10 Å². The molecule has 0 saturated carbocycles. The van der Waals surface area contributed by atoms with Crippen LogP contribution >= 0.6 is 0 Å². The Balaban J connectivity index is 4.57. The van der Waals surface area contributed by atoms with Crippen molar-refractivity contribution >= 4 is 17.9 Å². The summed E-state index contributed by atoms with van der Waals surface area (Å²) < 4.78 is 16.9. The molecular weight excluding hydrogens is 1020 g/mol. The Hall–Kier alpha value is -6.01. The van der Waals surface area contributed by atoms with Crippen molar-refractivity contribution in [3.05, 3.63) is 207 Å². The molecule has 0 rings (SSSR count). The molecule has 1 atom stereocenters. The number of carbonyl (C=O) groups is 3. The summed E-state index contributed by atoms with van der Waals surface area (Å²) in [7, 11) is 0. The summed E-state index contributed by atoms with van der Waals surface area (Å²) >= 11 is 0. The van der Waals surface area contributed by atoms with E-state index in [0.717, 1.165) is 193 Å². The molecule has 6 nitrogen and oxygen atoms in total. The third-order valence-corrected chi connectivity index (χ3v) is 12.8. The molecule has 83 heavy (non-hydrogen) atoms. The first-order valence-corrected chi connectivity index (χ1v) is 32.6. The van der Waals surface area contributed by atoms with E-state index in [1.807, 2.05) is 0 Å². The smallest absolute Gasteiger partial charge is 0.306 e. The van der Waals surface area contributed by atoms with Crippen LogP contribution in [-0.4, -0.2) is 37.2 Å². The lowest BCUT2D eigenvalue weighted by molar-refractivity contribution is -0.167. The zero-order valence-corrected chi connectivity index (χ0v) is 52.6. The average Bonchev–Trinajstić information content (AvgIpc) is 3.49. The summed E-state index contributed by atoms with van der Waals surface area (Å²) in [6.07, 6.45) is 105. The molecule has 0 bridgehead atoms. The van der Waals surface area contributed by atoms with Crippen molar-refractivity contribution in [2.45, 2.75) is 245 Å². The van der Waals surface area contributed by atoms with Gasteiger partial charge in [0.2, 0.25) is 0 Å². The van der Waals surface area contributed by atoms with Gasteiger partial charge in [-0.25, -0.2) is 0 Å². The minimum Gasteiger partial charge on any atom is -0.462 e. The summed E-state index contributed by atoms with van der Waals surface area (Å²) in [5.41, 5.74) is 0. The number of allylic oxidation sites excluding steroid dienone is 34. The standard InChI is InChI=1S/C77H116O6/c1-4-7-10-13-16-19-22-25-28-30-32-34-36-37-38-39-41-42-44-46-49-52-55-58-61-64-67-70-76(79)82-73-74(72-81-75(78)69-66-63-60-57-54-51-48-27-24-21-18-15-12-9-6-3)83-77(80)71-68-65-62-59-56-53-50-47-45-43-40-35-33-31-29-26-23-20-17-14-11-8-5-2/h7-12,16-21,25-29,32-35,37-38,41-43,45-46,48-50,53,55,58,74H,4-6,13-15,22-24,30-31,36,39-40,44,47,51-52,54,56-57,59-73H2,1-3H3/b10-7-,11-8-,12-9-,19-16-,20-17-,21-18-,28-25-,29-26-,34-32-,35-33-,38-37-,42-41-,45-43-,48-27-,49-46-,53-50-,58-55-. The van der Waals surface area contributed by atoms with E-state index in [-0.39, 0.29) is 44.0 Å². The van der Waals surface area contributed by atoms with E-state index in [2.05, 4.69) is 227 Å². The van der Waals surface area contributed by atoms with E-state index < -0.39 is 6.10 Å². The second-order valence-corrected chi connectivity index (χ2v) is 20.5. The van der Waals surface area contributed by atoms with E-state index in [1.165, 1.54) is 0 Å². The monoisotopic (exact) mass is 1140 g/mol. The zero-order valence-electron chi connectivity index (χ0n) is 52.6. The van der Waals surface area contributed by atoms with Gasteiger partial charge in [-0.15, -0.1) is 0 Å². The predicted octanol–water partition coefficient (Wildman–Crippen LogP) is 22.8. The van der Waals surface area contributed by atoms with E-state index in [1.54, 1.807) is 0 Å². The van der Waals surface area contributed by atoms with Gasteiger partial charge in [-0.3, -0.25) is 14.4 Å². The van der Waals surface area contributed by atoms with Crippen LogP contribution in [0.1, 0.15) is 239 Å². The van der Waals surface area contributed by atoms with Crippen molar-refractivity contribution in [2.24, 2.45) is 0 Å². The van der Waals surface area contributed by atoms with Crippen molar-refractivity contribution < 1.29 is 28.6 Å². The summed E-state index contributed by atoms with van der Waals surface area (Å²) in [6, 6.07) is 0. The van der Waals surface area contributed by atoms with Crippen molar-refractivity contribution in [1.29, 1.82) is 0 Å². The molecule has 0 radical (unpaired) electrons. The Morgan fingerprint density at radius 3 is 0.699 bits per heavy atom. The van der Waals surface area contributed by atoms with Crippen LogP contribution in [0.15, 0.2) is 207 Å². The third kappa shape index (κ3) is 66.7. The van der Waals surface area contributed by atoms with Gasteiger partial charge in [-0.1, -0.05) is 259 Å².